The van der Waals surface area contributed by atoms with Crippen molar-refractivity contribution in [3.05, 3.63) is 136 Å². The molecular weight excluding hydrogens is 556 g/mol. The number of furan rings is 1. The van der Waals surface area contributed by atoms with Crippen molar-refractivity contribution in [2.75, 3.05) is 10.2 Å². The van der Waals surface area contributed by atoms with Crippen molar-refractivity contribution in [1.29, 1.82) is 0 Å². The summed E-state index contributed by atoms with van der Waals surface area (Å²) in [5.74, 6) is -1.71. The average Bonchev–Trinajstić information content (AvgIpc) is 3.48. The zero-order valence-corrected chi connectivity index (χ0v) is 22.5. The third-order valence-corrected chi connectivity index (χ3v) is 7.21. The lowest BCUT2D eigenvalue weighted by molar-refractivity contribution is -0.117. The van der Waals surface area contributed by atoms with E-state index in [0.29, 0.717) is 16.8 Å². The topological polar surface area (TPSA) is 82.8 Å². The van der Waals surface area contributed by atoms with Crippen molar-refractivity contribution in [2.24, 2.45) is 0 Å². The molecule has 1 atom stereocenters. The van der Waals surface area contributed by atoms with Crippen LogP contribution < -0.4 is 10.2 Å². The highest BCUT2D eigenvalue weighted by Gasteiger charge is 2.45. The van der Waals surface area contributed by atoms with Crippen LogP contribution in [0.15, 0.2) is 123 Å². The number of aliphatic hydroxyl groups is 1. The summed E-state index contributed by atoms with van der Waals surface area (Å²) in [6, 6.07) is 30.9. The highest BCUT2D eigenvalue weighted by molar-refractivity contribution is 9.10. The molecule has 192 valence electrons. The Morgan fingerprint density at radius 1 is 0.897 bits per heavy atom. The fraction of sp³-hybridized carbons (Fsp3) is 0.0625. The minimum absolute atomic E-state index is 0.0183. The van der Waals surface area contributed by atoms with Gasteiger partial charge in [0.15, 0.2) is 11.5 Å². The van der Waals surface area contributed by atoms with Gasteiger partial charge in [-0.15, -0.1) is 0 Å². The number of aliphatic hydroxyl groups excluding tert-OH is 1. The number of carbonyl (C=O) groups excluding carboxylic acids is 2. The van der Waals surface area contributed by atoms with E-state index in [0.717, 1.165) is 26.8 Å². The molecule has 39 heavy (non-hydrogen) atoms. The quantitative estimate of drug-likeness (QED) is 0.199. The van der Waals surface area contributed by atoms with Crippen LogP contribution in [0.1, 0.15) is 27.7 Å². The van der Waals surface area contributed by atoms with Gasteiger partial charge in [-0.1, -0.05) is 64.0 Å². The molecule has 4 aromatic carbocycles. The molecular formula is C32H23BrN2O4. The first-order chi connectivity index (χ1) is 18.9. The maximum atomic E-state index is 13.8. The van der Waals surface area contributed by atoms with E-state index < -0.39 is 23.5 Å². The summed E-state index contributed by atoms with van der Waals surface area (Å²) >= 11 is 3.43. The maximum absolute atomic E-state index is 13.8. The molecule has 0 bridgehead atoms. The molecule has 0 aliphatic carbocycles. The molecule has 6 rings (SSSR count). The lowest BCUT2D eigenvalue weighted by Crippen LogP contribution is -2.31. The number of halogens is 1. The van der Waals surface area contributed by atoms with Crippen molar-refractivity contribution >= 4 is 55.7 Å². The highest BCUT2D eigenvalue weighted by atomic mass is 79.9. The predicted octanol–water partition coefficient (Wildman–Crippen LogP) is 8.03. The van der Waals surface area contributed by atoms with E-state index >= 15 is 0 Å². The normalized spacial score (nSPS) is 15.3. The van der Waals surface area contributed by atoms with Crippen molar-refractivity contribution in [3.63, 3.8) is 0 Å². The van der Waals surface area contributed by atoms with Crippen LogP contribution in [-0.4, -0.2) is 16.8 Å². The average molecular weight is 579 g/mol. The van der Waals surface area contributed by atoms with E-state index in [4.69, 9.17) is 4.42 Å². The van der Waals surface area contributed by atoms with E-state index in [1.165, 1.54) is 4.90 Å². The first-order valence-corrected chi connectivity index (χ1v) is 13.2. The van der Waals surface area contributed by atoms with Gasteiger partial charge in [-0.3, -0.25) is 14.5 Å². The molecule has 1 amide bonds. The molecule has 1 aromatic heterocycles. The smallest absolute Gasteiger partial charge is 0.294 e. The molecule has 7 heteroatoms. The standard InChI is InChI=1S/C32H23BrN2O4/c1-19-6-5-7-20(16-19)29-28(30(36)27-18-21-17-22(33)10-15-26(21)39-27)31(37)32(38)35(29)25-13-11-24(12-14-25)34-23-8-3-2-4-9-23/h2-18,29,34,37H,1H3. The number of para-hydroxylation sites is 1. The van der Waals surface area contributed by atoms with Gasteiger partial charge in [0.05, 0.1) is 11.6 Å². The Labute approximate surface area is 233 Å². The first-order valence-electron chi connectivity index (χ1n) is 12.4. The van der Waals surface area contributed by atoms with Crippen LogP contribution in [0.4, 0.5) is 17.1 Å². The third-order valence-electron chi connectivity index (χ3n) is 6.72. The number of carbonyl (C=O) groups is 2. The second-order valence-electron chi connectivity index (χ2n) is 9.41. The van der Waals surface area contributed by atoms with Crippen LogP contribution in [0.25, 0.3) is 11.0 Å². The van der Waals surface area contributed by atoms with Crippen LogP contribution >= 0.6 is 15.9 Å². The van der Waals surface area contributed by atoms with Crippen LogP contribution in [0.5, 0.6) is 0 Å². The Bertz CT molecular complexity index is 1760. The summed E-state index contributed by atoms with van der Waals surface area (Å²) in [5.41, 5.74) is 4.52. The van der Waals surface area contributed by atoms with Crippen LogP contribution in [0.3, 0.4) is 0 Å². The van der Waals surface area contributed by atoms with Gasteiger partial charge in [-0.25, -0.2) is 0 Å². The number of aryl methyl sites for hydroxylation is 1. The Hall–Kier alpha value is -4.62. The monoisotopic (exact) mass is 578 g/mol. The SMILES string of the molecule is Cc1cccc(C2C(C(=O)c3cc4cc(Br)ccc4o3)=C(O)C(=O)N2c2ccc(Nc3ccccc3)cc2)c1. The number of nitrogens with one attached hydrogen (secondary N) is 1. The van der Waals surface area contributed by atoms with Crippen LogP contribution in [0, 0.1) is 6.92 Å². The molecule has 1 aliphatic rings. The molecule has 0 radical (unpaired) electrons. The Balaban J connectivity index is 1.40. The van der Waals surface area contributed by atoms with Crippen molar-refractivity contribution in [2.45, 2.75) is 13.0 Å². The lowest BCUT2D eigenvalue weighted by atomic mass is 9.94. The van der Waals surface area contributed by atoms with E-state index in [-0.39, 0.29) is 11.3 Å². The number of nitrogens with zero attached hydrogens (tertiary/aromatic N) is 1. The number of hydrogen-bond donors (Lipinski definition) is 2. The molecule has 0 saturated heterocycles. The minimum atomic E-state index is -0.835. The van der Waals surface area contributed by atoms with E-state index in [1.54, 1.807) is 24.3 Å². The Kier molecular flexibility index (Phi) is 6.29. The third kappa shape index (κ3) is 4.62. The molecule has 5 aromatic rings. The van der Waals surface area contributed by atoms with Gasteiger partial charge in [-0.2, -0.15) is 0 Å². The van der Waals surface area contributed by atoms with E-state index in [2.05, 4.69) is 21.2 Å². The number of fused-ring (bicyclic) bond motifs is 1. The van der Waals surface area contributed by atoms with Gasteiger partial charge in [0.25, 0.3) is 5.91 Å². The van der Waals surface area contributed by atoms with Gasteiger partial charge in [-0.05, 0) is 73.2 Å². The Morgan fingerprint density at radius 2 is 1.64 bits per heavy atom. The fourth-order valence-electron chi connectivity index (χ4n) is 4.91. The Morgan fingerprint density at radius 3 is 2.38 bits per heavy atom. The zero-order chi connectivity index (χ0) is 27.1. The maximum Gasteiger partial charge on any atom is 0.294 e. The summed E-state index contributed by atoms with van der Waals surface area (Å²) in [5, 5.41) is 15.2. The number of benzene rings is 4. The van der Waals surface area contributed by atoms with Gasteiger partial charge in [0, 0.05) is 26.9 Å². The summed E-state index contributed by atoms with van der Waals surface area (Å²) in [7, 11) is 0. The second kappa shape index (κ2) is 9.93. The largest absolute Gasteiger partial charge is 0.503 e. The van der Waals surface area contributed by atoms with Gasteiger partial charge in [0.1, 0.15) is 5.58 Å². The molecule has 1 unspecified atom stereocenters. The fourth-order valence-corrected chi connectivity index (χ4v) is 5.29. The van der Waals surface area contributed by atoms with Crippen molar-refractivity contribution in [1.82, 2.24) is 0 Å². The van der Waals surface area contributed by atoms with Gasteiger partial charge in [0.2, 0.25) is 5.78 Å². The van der Waals surface area contributed by atoms with Crippen molar-refractivity contribution in [3.8, 4) is 0 Å². The molecule has 0 fully saturated rings. The lowest BCUT2D eigenvalue weighted by Gasteiger charge is -2.27. The number of rotatable bonds is 6. The van der Waals surface area contributed by atoms with Crippen LogP contribution in [0.2, 0.25) is 0 Å². The van der Waals surface area contributed by atoms with Crippen molar-refractivity contribution < 1.29 is 19.1 Å². The molecule has 0 spiro atoms. The summed E-state index contributed by atoms with van der Waals surface area (Å²) < 4.78 is 6.70. The summed E-state index contributed by atoms with van der Waals surface area (Å²) in [4.78, 5) is 28.8. The minimum Gasteiger partial charge on any atom is -0.503 e. The number of hydrogen-bond acceptors (Lipinski definition) is 5. The second-order valence-corrected chi connectivity index (χ2v) is 10.3. The van der Waals surface area contributed by atoms with Gasteiger partial charge >= 0.3 is 0 Å². The molecule has 2 heterocycles. The molecule has 1 aliphatic heterocycles. The molecule has 0 saturated carbocycles. The predicted molar refractivity (Wildman–Crippen MR) is 155 cm³/mol. The molecule has 2 N–H and O–H groups in total. The number of ketones is 1. The van der Waals surface area contributed by atoms with Crippen LogP contribution in [-0.2, 0) is 4.79 Å². The summed E-state index contributed by atoms with van der Waals surface area (Å²) in [6.07, 6.45) is 0. The number of anilines is 3. The number of Topliss-reactive ketones (excluding diaryl/α,β-unsaturated/α-hetero) is 1. The molecule has 6 nitrogen and oxygen atoms in total. The van der Waals surface area contributed by atoms with Gasteiger partial charge < -0.3 is 14.8 Å². The zero-order valence-electron chi connectivity index (χ0n) is 20.9. The van der Waals surface area contributed by atoms with E-state index in [1.807, 2.05) is 85.8 Å². The van der Waals surface area contributed by atoms with E-state index in [9.17, 15) is 14.7 Å². The summed E-state index contributed by atoms with van der Waals surface area (Å²) in [6.45, 7) is 1.94. The number of amides is 1. The highest BCUT2D eigenvalue weighted by Crippen LogP contribution is 2.43. The first kappa shape index (κ1) is 24.7.